The highest BCUT2D eigenvalue weighted by Crippen LogP contribution is 2.21. The molecule has 114 valence electrons. The second-order valence-electron chi connectivity index (χ2n) is 4.63. The average molecular weight is 305 g/mol. The zero-order valence-electron chi connectivity index (χ0n) is 11.6. The molecule has 0 bridgehead atoms. The Kier molecular flexibility index (Phi) is 4.99. The first-order valence-electron chi connectivity index (χ1n) is 6.64. The third-order valence-electron chi connectivity index (χ3n) is 2.97. The van der Waals surface area contributed by atoms with Gasteiger partial charge in [0.2, 0.25) is 0 Å². The van der Waals surface area contributed by atoms with E-state index in [0.29, 0.717) is 12.0 Å². The molecule has 2 aromatic carbocycles. The quantitative estimate of drug-likeness (QED) is 0.888. The Morgan fingerprint density at radius 2 is 1.64 bits per heavy atom. The lowest BCUT2D eigenvalue weighted by molar-refractivity contribution is -0.167. The molecule has 0 aliphatic rings. The van der Waals surface area contributed by atoms with Crippen LogP contribution in [-0.4, -0.2) is 12.1 Å². The maximum absolute atomic E-state index is 12.3. The smallest absolute Gasteiger partial charge is 0.318 e. The van der Waals surface area contributed by atoms with Gasteiger partial charge in [0.25, 0.3) is 0 Å². The van der Waals surface area contributed by atoms with E-state index in [0.717, 1.165) is 5.56 Å². The Hall–Kier alpha value is -2.56. The predicted molar refractivity (Wildman–Crippen MR) is 80.3 cm³/mol. The van der Waals surface area contributed by atoms with Gasteiger partial charge in [-0.05, 0) is 23.6 Å². The van der Waals surface area contributed by atoms with Gasteiger partial charge in [0.1, 0.15) is 0 Å². The Morgan fingerprint density at radius 1 is 1.00 bits per heavy atom. The molecule has 1 amide bonds. The Balaban J connectivity index is 2.09. The van der Waals surface area contributed by atoms with Crippen molar-refractivity contribution in [2.45, 2.75) is 12.6 Å². The lowest BCUT2D eigenvalue weighted by atomic mass is 10.1. The van der Waals surface area contributed by atoms with Gasteiger partial charge in [0.15, 0.2) is 0 Å². The number of anilines is 1. The second-order valence-corrected chi connectivity index (χ2v) is 4.63. The van der Waals surface area contributed by atoms with Gasteiger partial charge in [-0.25, -0.2) is 0 Å². The summed E-state index contributed by atoms with van der Waals surface area (Å²) in [6.07, 6.45) is -0.757. The number of halogens is 3. The summed E-state index contributed by atoms with van der Waals surface area (Å²) in [6.45, 7) is 0. The number of amides is 1. The van der Waals surface area contributed by atoms with Crippen LogP contribution in [0.1, 0.15) is 11.1 Å². The van der Waals surface area contributed by atoms with E-state index in [9.17, 15) is 18.0 Å². The van der Waals surface area contributed by atoms with Gasteiger partial charge in [0.05, 0.1) is 0 Å². The van der Waals surface area contributed by atoms with Gasteiger partial charge in [-0.15, -0.1) is 0 Å². The maximum atomic E-state index is 12.3. The number of benzene rings is 2. The van der Waals surface area contributed by atoms with E-state index in [1.54, 1.807) is 18.2 Å². The second kappa shape index (κ2) is 6.93. The summed E-state index contributed by atoms with van der Waals surface area (Å²) in [5.74, 6) is -1.97. The molecule has 0 aliphatic carbocycles. The van der Waals surface area contributed by atoms with Crippen LogP contribution in [0, 0.1) is 0 Å². The van der Waals surface area contributed by atoms with E-state index in [4.69, 9.17) is 0 Å². The van der Waals surface area contributed by atoms with Crippen LogP contribution in [0.15, 0.2) is 60.7 Å². The zero-order chi connectivity index (χ0) is 16.0. The number of rotatable bonds is 4. The average Bonchev–Trinajstić information content (AvgIpc) is 2.49. The van der Waals surface area contributed by atoms with E-state index in [1.165, 1.54) is 6.07 Å². The minimum absolute atomic E-state index is 0.169. The van der Waals surface area contributed by atoms with Crippen molar-refractivity contribution in [3.63, 3.8) is 0 Å². The molecule has 0 saturated carbocycles. The number of hydrogen-bond donors (Lipinski definition) is 1. The Bertz CT molecular complexity index is 663. The largest absolute Gasteiger partial charge is 0.471 e. The van der Waals surface area contributed by atoms with E-state index in [-0.39, 0.29) is 5.69 Å². The first kappa shape index (κ1) is 15.8. The predicted octanol–water partition coefficient (Wildman–Crippen LogP) is 4.44. The molecule has 0 atom stereocenters. The summed E-state index contributed by atoms with van der Waals surface area (Å²) in [7, 11) is 0. The molecule has 0 spiro atoms. The van der Waals surface area contributed by atoms with Gasteiger partial charge in [-0.2, -0.15) is 13.2 Å². The first-order chi connectivity index (χ1) is 10.5. The van der Waals surface area contributed by atoms with Gasteiger partial charge < -0.3 is 5.32 Å². The van der Waals surface area contributed by atoms with Crippen LogP contribution in [0.5, 0.6) is 0 Å². The molecular weight excluding hydrogens is 291 g/mol. The fourth-order valence-corrected chi connectivity index (χ4v) is 1.90. The van der Waals surface area contributed by atoms with Crippen LogP contribution in [-0.2, 0) is 11.2 Å². The number of para-hydroxylation sites is 1. The fraction of sp³-hybridized carbons (Fsp3) is 0.118. The molecule has 5 heteroatoms. The molecule has 2 rings (SSSR count). The number of carbonyl (C=O) groups excluding carboxylic acids is 1. The monoisotopic (exact) mass is 305 g/mol. The lowest BCUT2D eigenvalue weighted by Crippen LogP contribution is -2.30. The maximum Gasteiger partial charge on any atom is 0.471 e. The highest BCUT2D eigenvalue weighted by molar-refractivity contribution is 5.95. The SMILES string of the molecule is O=C(Nc1ccccc1C/C=C\c1ccccc1)C(F)(F)F. The molecule has 0 unspecified atom stereocenters. The standard InChI is InChI=1S/C17H14F3NO/c18-17(19,20)16(22)21-15-12-5-4-10-14(15)11-6-9-13-7-2-1-3-8-13/h1-10,12H,11H2,(H,21,22)/b9-6-. The van der Waals surface area contributed by atoms with Crippen LogP contribution in [0.4, 0.5) is 18.9 Å². The summed E-state index contributed by atoms with van der Waals surface area (Å²) >= 11 is 0. The highest BCUT2D eigenvalue weighted by Gasteiger charge is 2.38. The summed E-state index contributed by atoms with van der Waals surface area (Å²) in [6, 6.07) is 16.0. The lowest BCUT2D eigenvalue weighted by Gasteiger charge is -2.11. The topological polar surface area (TPSA) is 29.1 Å². The number of nitrogens with one attached hydrogen (secondary N) is 1. The van der Waals surface area contributed by atoms with Crippen LogP contribution in [0.3, 0.4) is 0 Å². The van der Waals surface area contributed by atoms with Crippen molar-refractivity contribution >= 4 is 17.7 Å². The summed E-state index contributed by atoms with van der Waals surface area (Å²) in [5.41, 5.74) is 1.79. The Labute approximate surface area is 126 Å². The van der Waals surface area contributed by atoms with E-state index >= 15 is 0 Å². The van der Waals surface area contributed by atoms with Crippen molar-refractivity contribution in [2.75, 3.05) is 5.32 Å². The number of alkyl halides is 3. The third kappa shape index (κ3) is 4.48. The zero-order valence-corrected chi connectivity index (χ0v) is 11.6. The van der Waals surface area contributed by atoms with Crippen molar-refractivity contribution in [2.24, 2.45) is 0 Å². The molecule has 2 nitrogen and oxygen atoms in total. The molecule has 0 fully saturated rings. The van der Waals surface area contributed by atoms with Crippen molar-refractivity contribution < 1.29 is 18.0 Å². The fourth-order valence-electron chi connectivity index (χ4n) is 1.90. The normalized spacial score (nSPS) is 11.6. The molecule has 2 aromatic rings. The minimum Gasteiger partial charge on any atom is -0.318 e. The molecule has 0 aromatic heterocycles. The van der Waals surface area contributed by atoms with Crippen LogP contribution >= 0.6 is 0 Å². The number of allylic oxidation sites excluding steroid dienone is 1. The van der Waals surface area contributed by atoms with Crippen molar-refractivity contribution in [3.8, 4) is 0 Å². The minimum atomic E-state index is -4.90. The molecule has 0 aliphatic heterocycles. The first-order valence-corrected chi connectivity index (χ1v) is 6.64. The summed E-state index contributed by atoms with van der Waals surface area (Å²) in [5, 5.41) is 1.90. The molecule has 0 radical (unpaired) electrons. The van der Waals surface area contributed by atoms with Crippen LogP contribution in [0.25, 0.3) is 6.08 Å². The number of hydrogen-bond acceptors (Lipinski definition) is 1. The van der Waals surface area contributed by atoms with Crippen molar-refractivity contribution in [1.82, 2.24) is 0 Å². The van der Waals surface area contributed by atoms with Crippen LogP contribution < -0.4 is 5.32 Å². The highest BCUT2D eigenvalue weighted by atomic mass is 19.4. The summed E-state index contributed by atoms with van der Waals surface area (Å²) in [4.78, 5) is 11.0. The third-order valence-corrected chi connectivity index (χ3v) is 2.97. The van der Waals surface area contributed by atoms with Crippen molar-refractivity contribution in [3.05, 3.63) is 71.8 Å². The van der Waals surface area contributed by atoms with E-state index < -0.39 is 12.1 Å². The van der Waals surface area contributed by atoms with Gasteiger partial charge in [0, 0.05) is 5.69 Å². The number of carbonyl (C=O) groups is 1. The Morgan fingerprint density at radius 3 is 2.32 bits per heavy atom. The van der Waals surface area contributed by atoms with Gasteiger partial charge >= 0.3 is 12.1 Å². The molecule has 0 heterocycles. The molecule has 1 N–H and O–H groups in total. The molecule has 22 heavy (non-hydrogen) atoms. The van der Waals surface area contributed by atoms with E-state index in [1.807, 2.05) is 47.8 Å². The summed E-state index contributed by atoms with van der Waals surface area (Å²) < 4.78 is 36.9. The van der Waals surface area contributed by atoms with Crippen LogP contribution in [0.2, 0.25) is 0 Å². The molecular formula is C17H14F3NO. The molecule has 0 saturated heterocycles. The van der Waals surface area contributed by atoms with Gasteiger partial charge in [-0.1, -0.05) is 60.7 Å². The van der Waals surface area contributed by atoms with E-state index in [2.05, 4.69) is 0 Å². The van der Waals surface area contributed by atoms with Crippen molar-refractivity contribution in [1.29, 1.82) is 0 Å². The van der Waals surface area contributed by atoms with Gasteiger partial charge in [-0.3, -0.25) is 4.79 Å².